The quantitative estimate of drug-likeness (QED) is 0.617. The molecule has 0 aromatic carbocycles. The number of amides is 1. The zero-order chi connectivity index (χ0) is 17.6. The highest BCUT2D eigenvalue weighted by molar-refractivity contribution is 6.74. The topological polar surface area (TPSA) is 66.8 Å². The van der Waals surface area contributed by atoms with Crippen molar-refractivity contribution in [3.8, 4) is 0 Å². The van der Waals surface area contributed by atoms with Gasteiger partial charge in [-0.05, 0) is 31.0 Å². The summed E-state index contributed by atoms with van der Waals surface area (Å²) >= 11 is 0. The zero-order valence-electron chi connectivity index (χ0n) is 14.8. The number of hydrogen-bond donors (Lipinski definition) is 1. The lowest BCUT2D eigenvalue weighted by Crippen LogP contribution is -2.49. The molecule has 0 aromatic rings. The first-order valence-electron chi connectivity index (χ1n) is 8.35. The van der Waals surface area contributed by atoms with E-state index in [1.807, 2.05) is 0 Å². The van der Waals surface area contributed by atoms with Gasteiger partial charge in [-0.15, -0.1) is 6.58 Å². The maximum Gasteiger partial charge on any atom is 0.326 e. The molecule has 6 heteroatoms. The molecule has 1 aliphatic heterocycles. The van der Waals surface area contributed by atoms with E-state index < -0.39 is 20.3 Å². The van der Waals surface area contributed by atoms with Crippen LogP contribution in [0.3, 0.4) is 0 Å². The third-order valence-electron chi connectivity index (χ3n) is 5.45. The summed E-state index contributed by atoms with van der Waals surface area (Å²) in [6.45, 7) is 14.6. The molecular formula is C17H29NO4Si. The van der Waals surface area contributed by atoms with E-state index in [2.05, 4.69) is 40.4 Å². The Morgan fingerprint density at radius 1 is 1.30 bits per heavy atom. The Morgan fingerprint density at radius 3 is 2.26 bits per heavy atom. The molecule has 0 bridgehead atoms. The fourth-order valence-electron chi connectivity index (χ4n) is 2.86. The van der Waals surface area contributed by atoms with Crippen molar-refractivity contribution in [3.63, 3.8) is 0 Å². The summed E-state index contributed by atoms with van der Waals surface area (Å²) < 4.78 is 6.44. The smallest absolute Gasteiger partial charge is 0.326 e. The number of aliphatic carboxylic acids is 1. The number of carbonyl (C=O) groups excluding carboxylic acids is 1. The first-order chi connectivity index (χ1) is 10.5. The van der Waals surface area contributed by atoms with E-state index in [1.165, 1.54) is 4.90 Å². The molecular weight excluding hydrogens is 310 g/mol. The number of hydrogen-bond acceptors (Lipinski definition) is 3. The van der Waals surface area contributed by atoms with Crippen LogP contribution in [0.2, 0.25) is 18.1 Å². The molecule has 3 atom stereocenters. The highest BCUT2D eigenvalue weighted by Crippen LogP contribution is 2.42. The highest BCUT2D eigenvalue weighted by atomic mass is 28.4. The third kappa shape index (κ3) is 3.53. The van der Waals surface area contributed by atoms with Crippen molar-refractivity contribution >= 4 is 20.2 Å². The minimum Gasteiger partial charge on any atom is -0.480 e. The molecule has 1 N–H and O–H groups in total. The molecule has 2 rings (SSSR count). The van der Waals surface area contributed by atoms with Crippen molar-refractivity contribution in [2.75, 3.05) is 0 Å². The summed E-state index contributed by atoms with van der Waals surface area (Å²) in [5, 5.41) is 9.58. The van der Waals surface area contributed by atoms with Crippen molar-refractivity contribution in [3.05, 3.63) is 12.7 Å². The number of rotatable bonds is 5. The molecule has 0 spiro atoms. The normalized spacial score (nSPS) is 28.7. The van der Waals surface area contributed by atoms with Crippen molar-refractivity contribution < 1.29 is 19.1 Å². The molecule has 2 aliphatic rings. The zero-order valence-corrected chi connectivity index (χ0v) is 15.8. The van der Waals surface area contributed by atoms with Gasteiger partial charge in [-0.2, -0.15) is 0 Å². The van der Waals surface area contributed by atoms with Crippen molar-refractivity contribution in [1.82, 2.24) is 4.90 Å². The van der Waals surface area contributed by atoms with Gasteiger partial charge in [0.1, 0.15) is 6.04 Å². The van der Waals surface area contributed by atoms with Crippen LogP contribution in [0.5, 0.6) is 0 Å². The standard InChI is InChI=1S/C17H29NO4Si/c1-7-12-14(22-23(5,6)17(2,3)4)10-13(16(20)21)18(12)15(19)11-8-9-11/h7,11-14H,1,8-10H2,2-6H3,(H,20,21). The Balaban J connectivity index is 2.25. The van der Waals surface area contributed by atoms with E-state index >= 15 is 0 Å². The summed E-state index contributed by atoms with van der Waals surface area (Å²) in [6.07, 6.45) is 3.47. The number of carboxylic acid groups (broad SMARTS) is 1. The van der Waals surface area contributed by atoms with Crippen LogP contribution < -0.4 is 0 Å². The van der Waals surface area contributed by atoms with Gasteiger partial charge in [0.25, 0.3) is 0 Å². The molecule has 0 aromatic heterocycles. The van der Waals surface area contributed by atoms with E-state index in [0.717, 1.165) is 12.8 Å². The monoisotopic (exact) mass is 339 g/mol. The molecule has 5 nitrogen and oxygen atoms in total. The van der Waals surface area contributed by atoms with Gasteiger partial charge >= 0.3 is 5.97 Å². The van der Waals surface area contributed by atoms with Gasteiger partial charge in [-0.25, -0.2) is 4.79 Å². The first-order valence-corrected chi connectivity index (χ1v) is 11.3. The van der Waals surface area contributed by atoms with Crippen molar-refractivity contribution in [1.29, 1.82) is 0 Å². The van der Waals surface area contributed by atoms with Crippen LogP contribution in [0, 0.1) is 5.92 Å². The van der Waals surface area contributed by atoms with Gasteiger partial charge < -0.3 is 14.4 Å². The maximum absolute atomic E-state index is 12.6. The molecule has 1 aliphatic carbocycles. The number of nitrogens with zero attached hydrogens (tertiary/aromatic N) is 1. The van der Waals surface area contributed by atoms with Crippen LogP contribution in [0.4, 0.5) is 0 Å². The Bertz CT molecular complexity index is 507. The van der Waals surface area contributed by atoms with Gasteiger partial charge in [0, 0.05) is 12.3 Å². The number of carboxylic acids is 1. The Morgan fingerprint density at radius 2 is 1.87 bits per heavy atom. The second kappa shape index (κ2) is 6.05. The minimum absolute atomic E-state index is 0.00841. The van der Waals surface area contributed by atoms with E-state index in [4.69, 9.17) is 4.43 Å². The minimum atomic E-state index is -2.05. The third-order valence-corrected chi connectivity index (χ3v) is 9.96. The maximum atomic E-state index is 12.6. The Labute approximate surface area is 139 Å². The van der Waals surface area contributed by atoms with Gasteiger partial charge in [0.2, 0.25) is 5.91 Å². The highest BCUT2D eigenvalue weighted by Gasteiger charge is 2.52. The van der Waals surface area contributed by atoms with Crippen molar-refractivity contribution in [2.24, 2.45) is 5.92 Å². The summed E-state index contributed by atoms with van der Waals surface area (Å²) in [7, 11) is -2.05. The predicted octanol–water partition coefficient (Wildman–Crippen LogP) is 3.03. The van der Waals surface area contributed by atoms with Gasteiger partial charge in [0.15, 0.2) is 8.32 Å². The summed E-state index contributed by atoms with van der Waals surface area (Å²) in [5.74, 6) is -1.01. The SMILES string of the molecule is C=CC1C(O[Si](C)(C)C(C)(C)C)CC(C(=O)O)N1C(=O)C1CC1. The molecule has 1 saturated heterocycles. The molecule has 0 radical (unpaired) electrons. The molecule has 2 fully saturated rings. The second-order valence-electron chi connectivity index (χ2n) is 8.25. The van der Waals surface area contributed by atoms with E-state index in [0.29, 0.717) is 6.42 Å². The molecule has 1 heterocycles. The Hall–Kier alpha value is -1.14. The fourth-order valence-corrected chi connectivity index (χ4v) is 4.21. The molecule has 1 amide bonds. The lowest BCUT2D eigenvalue weighted by atomic mass is 10.1. The van der Waals surface area contributed by atoms with Crippen LogP contribution in [0.1, 0.15) is 40.0 Å². The first kappa shape index (κ1) is 18.2. The fraction of sp³-hybridized carbons (Fsp3) is 0.765. The van der Waals surface area contributed by atoms with Crippen LogP contribution in [0.15, 0.2) is 12.7 Å². The molecule has 130 valence electrons. The van der Waals surface area contributed by atoms with E-state index in [9.17, 15) is 14.7 Å². The summed E-state index contributed by atoms with van der Waals surface area (Å²) in [4.78, 5) is 25.7. The van der Waals surface area contributed by atoms with Crippen LogP contribution in [-0.2, 0) is 14.0 Å². The lowest BCUT2D eigenvalue weighted by molar-refractivity contribution is -0.149. The summed E-state index contributed by atoms with van der Waals surface area (Å²) in [5.41, 5.74) is 0. The number of likely N-dealkylation sites (tertiary alicyclic amines) is 1. The molecule has 23 heavy (non-hydrogen) atoms. The van der Waals surface area contributed by atoms with E-state index in [1.54, 1.807) is 6.08 Å². The summed E-state index contributed by atoms with van der Waals surface area (Å²) in [6, 6.07) is -1.15. The van der Waals surface area contributed by atoms with Crippen LogP contribution in [-0.4, -0.2) is 48.4 Å². The average molecular weight is 340 g/mol. The Kier molecular flexibility index (Phi) is 4.79. The van der Waals surface area contributed by atoms with Crippen molar-refractivity contribution in [2.45, 2.75) is 76.4 Å². The van der Waals surface area contributed by atoms with Crippen LogP contribution >= 0.6 is 0 Å². The van der Waals surface area contributed by atoms with Crippen LogP contribution in [0.25, 0.3) is 0 Å². The molecule has 3 unspecified atom stereocenters. The van der Waals surface area contributed by atoms with Gasteiger partial charge in [-0.1, -0.05) is 26.8 Å². The predicted molar refractivity (Wildman–Crippen MR) is 91.7 cm³/mol. The average Bonchev–Trinajstić information content (AvgIpc) is 3.18. The number of carbonyl (C=O) groups is 2. The second-order valence-corrected chi connectivity index (χ2v) is 13.0. The lowest BCUT2D eigenvalue weighted by Gasteiger charge is -2.39. The molecule has 1 saturated carbocycles. The van der Waals surface area contributed by atoms with Gasteiger partial charge in [-0.3, -0.25) is 4.79 Å². The largest absolute Gasteiger partial charge is 0.480 e. The van der Waals surface area contributed by atoms with E-state index in [-0.39, 0.29) is 29.0 Å². The van der Waals surface area contributed by atoms with Gasteiger partial charge in [0.05, 0.1) is 12.1 Å².